The molecule has 7 heteroatoms. The number of rotatable bonds is 5. The van der Waals surface area contributed by atoms with E-state index in [2.05, 4.69) is 10.6 Å². The lowest BCUT2D eigenvalue weighted by molar-refractivity contribution is -0.118. The Kier molecular flexibility index (Phi) is 14.8. The molecule has 0 saturated carbocycles. The number of imide groups is 1. The van der Waals surface area contributed by atoms with Crippen molar-refractivity contribution in [2.45, 2.75) is 45.9 Å². The minimum absolute atomic E-state index is 0.166. The summed E-state index contributed by atoms with van der Waals surface area (Å²) in [6.07, 6.45) is 0.419. The van der Waals surface area contributed by atoms with Crippen molar-refractivity contribution in [3.63, 3.8) is 0 Å². The van der Waals surface area contributed by atoms with E-state index in [-0.39, 0.29) is 17.1 Å². The zero-order chi connectivity index (χ0) is 22.9. The van der Waals surface area contributed by atoms with E-state index in [1.807, 2.05) is 64.1 Å². The predicted octanol–water partition coefficient (Wildman–Crippen LogP) is 4.17. The molecule has 0 spiro atoms. The third-order valence-corrected chi connectivity index (χ3v) is 4.65. The van der Waals surface area contributed by atoms with E-state index in [1.54, 1.807) is 18.2 Å². The molecule has 1 atom stereocenters. The molecule has 0 radical (unpaired) electrons. The summed E-state index contributed by atoms with van der Waals surface area (Å²) in [5.41, 5.74) is 2.42. The highest BCUT2D eigenvalue weighted by atomic mass is 32.2. The fourth-order valence-corrected chi connectivity index (χ4v) is 3.32. The largest absolute Gasteiger partial charge is 0.400 e. The summed E-state index contributed by atoms with van der Waals surface area (Å²) in [4.78, 5) is 35.1. The van der Waals surface area contributed by atoms with Gasteiger partial charge in [0.1, 0.15) is 0 Å². The summed E-state index contributed by atoms with van der Waals surface area (Å²) < 4.78 is 0. The summed E-state index contributed by atoms with van der Waals surface area (Å²) in [6.45, 7) is 8.46. The summed E-state index contributed by atoms with van der Waals surface area (Å²) in [5, 5.41) is 11.4. The molecule has 3 amide bonds. The Balaban J connectivity index is 0.00000129. The van der Waals surface area contributed by atoms with E-state index in [1.165, 1.54) is 0 Å². The standard InChI is InChI=1S/C18H16N2O3S.2C2H6.CH4O/c21-16(19-11-12-5-2-1-3-6-12)14-8-4-7-13(9-14)10-15-17(22)20-18(23)24-15;3*1-2/h1-9,15H,10-11H2,(H,19,21)(H,20,22,23);2*1-2H3;2H,1H3. The van der Waals surface area contributed by atoms with E-state index < -0.39 is 5.25 Å². The van der Waals surface area contributed by atoms with Crippen LogP contribution in [0.5, 0.6) is 0 Å². The molecule has 1 fully saturated rings. The van der Waals surface area contributed by atoms with Gasteiger partial charge in [0.2, 0.25) is 5.91 Å². The summed E-state index contributed by atoms with van der Waals surface area (Å²) in [6, 6.07) is 16.8. The van der Waals surface area contributed by atoms with E-state index in [9.17, 15) is 14.4 Å². The van der Waals surface area contributed by atoms with Crippen LogP contribution in [0.25, 0.3) is 0 Å². The van der Waals surface area contributed by atoms with Crippen molar-refractivity contribution in [3.8, 4) is 0 Å². The van der Waals surface area contributed by atoms with Crippen LogP contribution in [0.2, 0.25) is 0 Å². The number of benzene rings is 2. The van der Waals surface area contributed by atoms with Crippen LogP contribution in [0, 0.1) is 0 Å². The van der Waals surface area contributed by atoms with Gasteiger partial charge in [-0.1, -0.05) is 81.9 Å². The Labute approximate surface area is 183 Å². The molecule has 0 aliphatic carbocycles. The molecule has 0 bridgehead atoms. The van der Waals surface area contributed by atoms with Crippen LogP contribution in [0.1, 0.15) is 49.2 Å². The molecule has 6 nitrogen and oxygen atoms in total. The Morgan fingerprint density at radius 2 is 1.57 bits per heavy atom. The van der Waals surface area contributed by atoms with Crippen LogP contribution in [-0.4, -0.2) is 34.5 Å². The van der Waals surface area contributed by atoms with Crippen molar-refractivity contribution in [1.82, 2.24) is 10.6 Å². The number of carbonyl (C=O) groups is 3. The monoisotopic (exact) mass is 432 g/mol. The maximum absolute atomic E-state index is 12.3. The third kappa shape index (κ3) is 9.24. The van der Waals surface area contributed by atoms with Gasteiger partial charge in [-0.15, -0.1) is 0 Å². The predicted molar refractivity (Wildman–Crippen MR) is 124 cm³/mol. The van der Waals surface area contributed by atoms with E-state index >= 15 is 0 Å². The number of aliphatic hydroxyl groups excluding tert-OH is 1. The number of nitrogens with one attached hydrogen (secondary N) is 2. The average molecular weight is 433 g/mol. The molecule has 1 aliphatic heterocycles. The molecule has 0 aromatic heterocycles. The van der Waals surface area contributed by atoms with Crippen LogP contribution < -0.4 is 10.6 Å². The van der Waals surface area contributed by atoms with Gasteiger partial charge in [0.15, 0.2) is 0 Å². The minimum Gasteiger partial charge on any atom is -0.400 e. The second-order valence-corrected chi connectivity index (χ2v) is 6.63. The highest BCUT2D eigenvalue weighted by molar-refractivity contribution is 8.15. The zero-order valence-corrected chi connectivity index (χ0v) is 19.1. The van der Waals surface area contributed by atoms with Crippen LogP contribution >= 0.6 is 11.8 Å². The van der Waals surface area contributed by atoms with E-state index in [4.69, 9.17) is 5.11 Å². The molecular formula is C23H32N2O4S. The third-order valence-electron chi connectivity index (χ3n) is 3.67. The fourth-order valence-electron chi connectivity index (χ4n) is 2.46. The highest BCUT2D eigenvalue weighted by Crippen LogP contribution is 2.23. The quantitative estimate of drug-likeness (QED) is 0.659. The van der Waals surface area contributed by atoms with E-state index in [0.717, 1.165) is 30.0 Å². The summed E-state index contributed by atoms with van der Waals surface area (Å²) >= 11 is 0.990. The highest BCUT2D eigenvalue weighted by Gasteiger charge is 2.31. The fraction of sp³-hybridized carbons (Fsp3) is 0.348. The summed E-state index contributed by atoms with van der Waals surface area (Å²) in [7, 11) is 1.00. The molecule has 2 aromatic rings. The van der Waals surface area contributed by atoms with Crippen LogP contribution in [0.15, 0.2) is 54.6 Å². The Morgan fingerprint density at radius 1 is 0.967 bits per heavy atom. The second-order valence-electron chi connectivity index (χ2n) is 5.46. The lowest BCUT2D eigenvalue weighted by atomic mass is 10.1. The minimum atomic E-state index is -0.430. The first-order valence-corrected chi connectivity index (χ1v) is 10.9. The van der Waals surface area contributed by atoms with Crippen molar-refractivity contribution in [1.29, 1.82) is 0 Å². The Bertz CT molecular complexity index is 782. The zero-order valence-electron chi connectivity index (χ0n) is 18.3. The summed E-state index contributed by atoms with van der Waals surface area (Å²) in [5.74, 6) is -0.441. The van der Waals surface area contributed by atoms with Gasteiger partial charge in [0.25, 0.3) is 11.1 Å². The normalized spacial score (nSPS) is 14.0. The second kappa shape index (κ2) is 16.2. The first kappa shape index (κ1) is 27.4. The average Bonchev–Trinajstić information content (AvgIpc) is 3.13. The Hall–Kier alpha value is -2.64. The maximum Gasteiger partial charge on any atom is 0.286 e. The number of hydrogen-bond donors (Lipinski definition) is 3. The molecule has 3 rings (SSSR count). The molecule has 1 unspecified atom stereocenters. The van der Waals surface area contributed by atoms with Gasteiger partial charge < -0.3 is 10.4 Å². The lowest BCUT2D eigenvalue weighted by Crippen LogP contribution is -2.25. The van der Waals surface area contributed by atoms with Crippen LogP contribution in [0.4, 0.5) is 4.79 Å². The van der Waals surface area contributed by atoms with Gasteiger partial charge in [-0.25, -0.2) is 0 Å². The molecule has 1 aliphatic rings. The van der Waals surface area contributed by atoms with Crippen LogP contribution in [-0.2, 0) is 17.8 Å². The molecule has 3 N–H and O–H groups in total. The van der Waals surface area contributed by atoms with E-state index in [0.29, 0.717) is 18.5 Å². The number of thioether (sulfide) groups is 1. The smallest absolute Gasteiger partial charge is 0.286 e. The van der Waals surface area contributed by atoms with Crippen molar-refractivity contribution in [2.24, 2.45) is 0 Å². The Morgan fingerprint density at radius 3 is 2.13 bits per heavy atom. The lowest BCUT2D eigenvalue weighted by Gasteiger charge is -2.09. The number of amides is 3. The molecule has 30 heavy (non-hydrogen) atoms. The number of hydrogen-bond acceptors (Lipinski definition) is 5. The molecule has 1 saturated heterocycles. The van der Waals surface area contributed by atoms with Crippen molar-refractivity contribution < 1.29 is 19.5 Å². The van der Waals surface area contributed by atoms with Gasteiger partial charge in [0.05, 0.1) is 5.25 Å². The van der Waals surface area contributed by atoms with Crippen molar-refractivity contribution >= 4 is 28.8 Å². The van der Waals surface area contributed by atoms with Gasteiger partial charge in [-0.2, -0.15) is 0 Å². The SMILES string of the molecule is CC.CC.CO.O=C1NC(=O)C(Cc2cccc(C(=O)NCc3ccccc3)c2)S1. The molecule has 1 heterocycles. The molecular weight excluding hydrogens is 400 g/mol. The van der Waals surface area contributed by atoms with Crippen LogP contribution in [0.3, 0.4) is 0 Å². The maximum atomic E-state index is 12.3. The first-order valence-electron chi connectivity index (χ1n) is 9.99. The van der Waals surface area contributed by atoms with Gasteiger partial charge in [-0.05, 0) is 29.7 Å². The molecule has 2 aromatic carbocycles. The number of aliphatic hydroxyl groups is 1. The number of carbonyl (C=O) groups excluding carboxylic acids is 3. The van der Waals surface area contributed by atoms with Crippen molar-refractivity contribution in [3.05, 3.63) is 71.3 Å². The van der Waals surface area contributed by atoms with Gasteiger partial charge >= 0.3 is 0 Å². The van der Waals surface area contributed by atoms with Gasteiger partial charge in [-0.3, -0.25) is 19.7 Å². The molecule has 164 valence electrons. The first-order chi connectivity index (χ1) is 14.6. The van der Waals surface area contributed by atoms with Gasteiger partial charge in [0, 0.05) is 19.2 Å². The van der Waals surface area contributed by atoms with Crippen molar-refractivity contribution in [2.75, 3.05) is 7.11 Å². The topological polar surface area (TPSA) is 95.5 Å².